The Kier molecular flexibility index (Phi) is 45.4. The van der Waals surface area contributed by atoms with Crippen LogP contribution in [-0.2, 0) is 18.4 Å². The van der Waals surface area contributed by atoms with Gasteiger partial charge in [-0.25, -0.2) is 4.57 Å². The number of amides is 1. The van der Waals surface area contributed by atoms with Crippen LogP contribution in [0.1, 0.15) is 245 Å². The maximum absolute atomic E-state index is 12.9. The second kappa shape index (κ2) is 46.6. The zero-order chi connectivity index (χ0) is 47.1. The molecule has 0 aromatic heterocycles. The van der Waals surface area contributed by atoms with Crippen LogP contribution in [0.25, 0.3) is 0 Å². The number of quaternary nitrogens is 1. The molecule has 64 heavy (non-hydrogen) atoms. The highest BCUT2D eigenvalue weighted by Gasteiger charge is 2.27. The van der Waals surface area contributed by atoms with E-state index in [-0.39, 0.29) is 19.1 Å². The summed E-state index contributed by atoms with van der Waals surface area (Å²) in [5, 5.41) is 13.9. The number of carbonyl (C=O) groups excluding carboxylic acids is 1. The summed E-state index contributed by atoms with van der Waals surface area (Å²) in [6.07, 6.45) is 60.6. The minimum atomic E-state index is -4.35. The Labute approximate surface area is 397 Å². The first-order chi connectivity index (χ1) is 31.0. The first kappa shape index (κ1) is 62.5. The number of nitrogens with one attached hydrogen (secondary N) is 1. The van der Waals surface area contributed by atoms with E-state index < -0.39 is 20.0 Å². The van der Waals surface area contributed by atoms with Crippen molar-refractivity contribution in [3.05, 3.63) is 48.6 Å². The van der Waals surface area contributed by atoms with Crippen LogP contribution in [0.15, 0.2) is 48.6 Å². The molecule has 9 heteroatoms. The first-order valence-electron chi connectivity index (χ1n) is 27.0. The average molecular weight is 922 g/mol. The number of phosphoric acid groups is 1. The quantitative estimate of drug-likeness (QED) is 0.0243. The minimum Gasteiger partial charge on any atom is -0.387 e. The number of nitrogens with zero attached hydrogens (tertiary/aromatic N) is 1. The molecule has 0 bridgehead atoms. The van der Waals surface area contributed by atoms with Crippen LogP contribution < -0.4 is 5.32 Å². The van der Waals surface area contributed by atoms with E-state index in [0.717, 1.165) is 44.9 Å². The topological polar surface area (TPSA) is 105 Å². The van der Waals surface area contributed by atoms with Gasteiger partial charge in [0.25, 0.3) is 0 Å². The molecule has 0 aliphatic rings. The zero-order valence-corrected chi connectivity index (χ0v) is 43.7. The van der Waals surface area contributed by atoms with Gasteiger partial charge >= 0.3 is 7.82 Å². The SMILES string of the molecule is CCCCC/C=C\C/C=C\CCCCCCCCCCCC(=O)NC(COP(=O)(O)OCC[N+](C)(C)C)C(O)/C=C/CC/C=C/CCCCCCCCCCCCCCCCCCC. The lowest BCUT2D eigenvalue weighted by Crippen LogP contribution is -2.45. The summed E-state index contributed by atoms with van der Waals surface area (Å²) < 4.78 is 23.7. The van der Waals surface area contributed by atoms with Crippen LogP contribution in [-0.4, -0.2) is 73.4 Å². The first-order valence-corrected chi connectivity index (χ1v) is 28.5. The van der Waals surface area contributed by atoms with Crippen molar-refractivity contribution in [3.63, 3.8) is 0 Å². The predicted octanol–water partition coefficient (Wildman–Crippen LogP) is 16.0. The number of allylic oxidation sites excluding steroid dienone is 7. The fraction of sp³-hybridized carbons (Fsp3) is 0.836. The van der Waals surface area contributed by atoms with E-state index in [4.69, 9.17) is 9.05 Å². The molecule has 0 aromatic rings. The smallest absolute Gasteiger partial charge is 0.387 e. The molecular weight excluding hydrogens is 816 g/mol. The van der Waals surface area contributed by atoms with Crippen molar-refractivity contribution in [1.82, 2.24) is 5.32 Å². The molecule has 0 aromatic carbocycles. The van der Waals surface area contributed by atoms with Gasteiger partial charge in [-0.05, 0) is 64.2 Å². The van der Waals surface area contributed by atoms with E-state index in [1.807, 2.05) is 27.2 Å². The summed E-state index contributed by atoms with van der Waals surface area (Å²) in [5.41, 5.74) is 0. The normalized spacial score (nSPS) is 14.4. The van der Waals surface area contributed by atoms with E-state index >= 15 is 0 Å². The third-order valence-electron chi connectivity index (χ3n) is 12.0. The predicted molar refractivity (Wildman–Crippen MR) is 277 cm³/mol. The number of aliphatic hydroxyl groups excluding tert-OH is 1. The molecule has 0 fully saturated rings. The third kappa shape index (κ3) is 48.4. The number of phosphoric ester groups is 1. The average Bonchev–Trinajstić information content (AvgIpc) is 3.25. The second-order valence-corrected chi connectivity index (χ2v) is 21.0. The lowest BCUT2D eigenvalue weighted by atomic mass is 10.0. The standard InChI is InChI=1S/C55H105N2O6P/c1-6-8-10-12-14-16-18-20-22-24-26-27-28-29-31-32-34-36-38-40-42-44-46-48-54(58)53(52-63-64(60,61)62-51-50-57(3,4)5)56-55(59)49-47-45-43-41-39-37-35-33-30-25-23-21-19-17-15-13-11-9-7-2/h15,17,21,23,38,40,46,48,53-54,58H,6-14,16,18-20,22,24-37,39,41-45,47,49-52H2,1-5H3,(H-,56,59,60,61)/p+1/b17-15-,23-21-,40-38+,48-46+. The molecule has 0 heterocycles. The van der Waals surface area contributed by atoms with Crippen molar-refractivity contribution >= 4 is 13.7 Å². The van der Waals surface area contributed by atoms with Gasteiger partial charge in [0.15, 0.2) is 0 Å². The van der Waals surface area contributed by atoms with Crippen LogP contribution in [0.5, 0.6) is 0 Å². The minimum absolute atomic E-state index is 0.0545. The van der Waals surface area contributed by atoms with Gasteiger partial charge in [0.1, 0.15) is 13.2 Å². The zero-order valence-electron chi connectivity index (χ0n) is 42.8. The van der Waals surface area contributed by atoms with Gasteiger partial charge in [0, 0.05) is 6.42 Å². The molecular formula is C55H106N2O6P+. The summed E-state index contributed by atoms with van der Waals surface area (Å²) >= 11 is 0. The fourth-order valence-electron chi connectivity index (χ4n) is 7.74. The van der Waals surface area contributed by atoms with E-state index in [1.54, 1.807) is 6.08 Å². The van der Waals surface area contributed by atoms with Crippen molar-refractivity contribution in [2.24, 2.45) is 0 Å². The lowest BCUT2D eigenvalue weighted by molar-refractivity contribution is -0.870. The van der Waals surface area contributed by atoms with E-state index in [2.05, 4.69) is 55.6 Å². The van der Waals surface area contributed by atoms with Gasteiger partial charge in [-0.15, -0.1) is 0 Å². The Hall–Kier alpha value is -1.54. The summed E-state index contributed by atoms with van der Waals surface area (Å²) in [4.78, 5) is 23.2. The largest absolute Gasteiger partial charge is 0.472 e. The molecule has 0 rings (SSSR count). The van der Waals surface area contributed by atoms with Gasteiger partial charge in [0.05, 0.1) is 39.9 Å². The van der Waals surface area contributed by atoms with Crippen LogP contribution in [0.2, 0.25) is 0 Å². The Bertz CT molecular complexity index is 1180. The molecule has 3 N–H and O–H groups in total. The number of unbranched alkanes of at least 4 members (excludes halogenated alkanes) is 30. The van der Waals surface area contributed by atoms with Crippen molar-refractivity contribution in [2.75, 3.05) is 40.9 Å². The monoisotopic (exact) mass is 922 g/mol. The number of likely N-dealkylation sites (N-methyl/N-ethyl adjacent to an activating group) is 1. The Morgan fingerprint density at radius 2 is 0.906 bits per heavy atom. The van der Waals surface area contributed by atoms with Gasteiger partial charge in [-0.2, -0.15) is 0 Å². The fourth-order valence-corrected chi connectivity index (χ4v) is 8.47. The molecule has 3 unspecified atom stereocenters. The molecule has 1 amide bonds. The maximum Gasteiger partial charge on any atom is 0.472 e. The molecule has 3 atom stereocenters. The summed E-state index contributed by atoms with van der Waals surface area (Å²) in [6, 6.07) is -0.867. The highest BCUT2D eigenvalue weighted by Crippen LogP contribution is 2.43. The molecule has 0 saturated carbocycles. The molecule has 0 spiro atoms. The van der Waals surface area contributed by atoms with Crippen molar-refractivity contribution < 1.29 is 32.9 Å². The lowest BCUT2D eigenvalue weighted by Gasteiger charge is -2.25. The highest BCUT2D eigenvalue weighted by molar-refractivity contribution is 7.47. The summed E-state index contributed by atoms with van der Waals surface area (Å²) in [5.74, 6) is -0.191. The molecule has 0 aliphatic heterocycles. The van der Waals surface area contributed by atoms with Gasteiger partial charge < -0.3 is 19.8 Å². The number of hydrogen-bond donors (Lipinski definition) is 3. The molecule has 0 aliphatic carbocycles. The van der Waals surface area contributed by atoms with Gasteiger partial charge in [-0.1, -0.05) is 223 Å². The maximum atomic E-state index is 12.9. The highest BCUT2D eigenvalue weighted by atomic mass is 31.2. The molecule has 8 nitrogen and oxygen atoms in total. The number of hydrogen-bond acceptors (Lipinski definition) is 5. The van der Waals surface area contributed by atoms with Crippen molar-refractivity contribution in [3.8, 4) is 0 Å². The van der Waals surface area contributed by atoms with E-state index in [9.17, 15) is 19.4 Å². The van der Waals surface area contributed by atoms with Crippen LogP contribution >= 0.6 is 7.82 Å². The molecule has 376 valence electrons. The Morgan fingerprint density at radius 3 is 1.38 bits per heavy atom. The second-order valence-electron chi connectivity index (χ2n) is 19.6. The molecule has 0 saturated heterocycles. The summed E-state index contributed by atoms with van der Waals surface area (Å²) in [6.45, 7) is 4.79. The van der Waals surface area contributed by atoms with Gasteiger partial charge in [0.2, 0.25) is 5.91 Å². The van der Waals surface area contributed by atoms with Crippen molar-refractivity contribution in [1.29, 1.82) is 0 Å². The molecule has 0 radical (unpaired) electrons. The Balaban J connectivity index is 4.32. The van der Waals surface area contributed by atoms with Crippen LogP contribution in [0.3, 0.4) is 0 Å². The van der Waals surface area contributed by atoms with E-state index in [0.29, 0.717) is 17.4 Å². The van der Waals surface area contributed by atoms with Crippen LogP contribution in [0, 0.1) is 0 Å². The Morgan fingerprint density at radius 1 is 0.531 bits per heavy atom. The van der Waals surface area contributed by atoms with E-state index in [1.165, 1.54) is 180 Å². The van der Waals surface area contributed by atoms with Gasteiger partial charge in [-0.3, -0.25) is 13.8 Å². The third-order valence-corrected chi connectivity index (χ3v) is 13.0. The van der Waals surface area contributed by atoms with Crippen LogP contribution in [0.4, 0.5) is 0 Å². The number of carbonyl (C=O) groups is 1. The number of aliphatic hydroxyl groups is 1. The number of rotatable bonds is 49. The van der Waals surface area contributed by atoms with Crippen molar-refractivity contribution in [2.45, 2.75) is 257 Å². The summed E-state index contributed by atoms with van der Waals surface area (Å²) in [7, 11) is 1.55.